The second kappa shape index (κ2) is 4.02. The van der Waals surface area contributed by atoms with E-state index in [-0.39, 0.29) is 11.1 Å². The SMILES string of the molecule is Cc1ccc2c(c1)=C(c1c(O)[nH]c(=O)[nH]c1=O)C(=O)N=2. The molecular weight excluding hydrogens is 262 g/mol. The summed E-state index contributed by atoms with van der Waals surface area (Å²) >= 11 is 0. The van der Waals surface area contributed by atoms with Crippen LogP contribution in [0.5, 0.6) is 5.88 Å². The number of hydrogen-bond donors (Lipinski definition) is 3. The number of nitrogens with one attached hydrogen (secondary N) is 2. The Morgan fingerprint density at radius 3 is 2.60 bits per heavy atom. The summed E-state index contributed by atoms with van der Waals surface area (Å²) in [5, 5.41) is 10.6. The molecule has 100 valence electrons. The molecule has 0 saturated carbocycles. The Bertz CT molecular complexity index is 982. The van der Waals surface area contributed by atoms with Crippen LogP contribution in [0.25, 0.3) is 5.57 Å². The van der Waals surface area contributed by atoms with Crippen molar-refractivity contribution in [2.24, 2.45) is 4.99 Å². The molecule has 1 aliphatic rings. The van der Waals surface area contributed by atoms with E-state index in [9.17, 15) is 19.5 Å². The third-order valence-corrected chi connectivity index (χ3v) is 3.03. The zero-order valence-corrected chi connectivity index (χ0v) is 10.4. The van der Waals surface area contributed by atoms with Gasteiger partial charge in [-0.3, -0.25) is 19.6 Å². The topological polar surface area (TPSA) is 115 Å². The number of hydrogen-bond acceptors (Lipinski definition) is 4. The number of aryl methyl sites for hydroxylation is 1. The van der Waals surface area contributed by atoms with Crippen LogP contribution in [0.3, 0.4) is 0 Å². The third kappa shape index (κ3) is 1.68. The lowest BCUT2D eigenvalue weighted by molar-refractivity contribution is -0.112. The molecular formula is C13H9N3O4. The van der Waals surface area contributed by atoms with Gasteiger partial charge in [0.1, 0.15) is 5.56 Å². The van der Waals surface area contributed by atoms with Crippen LogP contribution in [-0.4, -0.2) is 21.0 Å². The van der Waals surface area contributed by atoms with Crippen molar-refractivity contribution in [1.82, 2.24) is 9.97 Å². The average Bonchev–Trinajstić information content (AvgIpc) is 2.65. The van der Waals surface area contributed by atoms with Gasteiger partial charge in [-0.15, -0.1) is 0 Å². The highest BCUT2D eigenvalue weighted by atomic mass is 16.3. The Labute approximate surface area is 111 Å². The summed E-state index contributed by atoms with van der Waals surface area (Å²) in [7, 11) is 0. The number of amides is 1. The molecule has 7 nitrogen and oxygen atoms in total. The van der Waals surface area contributed by atoms with Gasteiger partial charge in [0, 0.05) is 5.22 Å². The van der Waals surface area contributed by atoms with Crippen molar-refractivity contribution in [3.63, 3.8) is 0 Å². The molecule has 3 rings (SSSR count). The standard InChI is InChI=1S/C13H9N3O4/c1-5-2-3-7-6(4-5)8(10(17)14-7)9-11(18)15-13(20)16-12(9)19/h2-4H,1H3,(H3,15,16,18,19,20). The van der Waals surface area contributed by atoms with E-state index in [1.165, 1.54) is 0 Å². The minimum atomic E-state index is -0.844. The molecule has 0 aliphatic carbocycles. The Kier molecular flexibility index (Phi) is 2.43. The highest BCUT2D eigenvalue weighted by Gasteiger charge is 2.24. The molecule has 7 heteroatoms. The molecule has 1 aliphatic heterocycles. The first-order valence-corrected chi connectivity index (χ1v) is 5.77. The maximum atomic E-state index is 12.0. The first-order chi connectivity index (χ1) is 9.47. The summed E-state index contributed by atoms with van der Waals surface area (Å²) in [6, 6.07) is 5.14. The van der Waals surface area contributed by atoms with E-state index in [0.717, 1.165) is 5.56 Å². The number of carbonyl (C=O) groups is 1. The van der Waals surface area contributed by atoms with Crippen LogP contribution < -0.4 is 21.8 Å². The number of aromatic hydroxyl groups is 1. The number of fused-ring (bicyclic) bond motifs is 1. The monoisotopic (exact) mass is 271 g/mol. The Balaban J connectivity index is 2.50. The van der Waals surface area contributed by atoms with E-state index in [2.05, 4.69) is 9.98 Å². The summed E-state index contributed by atoms with van der Waals surface area (Å²) in [6.07, 6.45) is 0. The molecule has 2 heterocycles. The molecule has 3 N–H and O–H groups in total. The number of rotatable bonds is 1. The van der Waals surface area contributed by atoms with Gasteiger partial charge >= 0.3 is 5.69 Å². The van der Waals surface area contributed by atoms with Gasteiger partial charge in [-0.25, -0.2) is 9.79 Å². The molecule has 0 unspecified atom stereocenters. The van der Waals surface area contributed by atoms with Crippen LogP contribution in [0.1, 0.15) is 11.1 Å². The maximum Gasteiger partial charge on any atom is 0.328 e. The molecule has 20 heavy (non-hydrogen) atoms. The van der Waals surface area contributed by atoms with E-state index in [1.54, 1.807) is 18.2 Å². The molecule has 0 bridgehead atoms. The second-order valence-electron chi connectivity index (χ2n) is 4.44. The van der Waals surface area contributed by atoms with E-state index in [0.29, 0.717) is 10.6 Å². The van der Waals surface area contributed by atoms with Crippen molar-refractivity contribution in [2.75, 3.05) is 0 Å². The lowest BCUT2D eigenvalue weighted by Crippen LogP contribution is -2.29. The van der Waals surface area contributed by atoms with Gasteiger partial charge in [0.05, 0.1) is 10.9 Å². The number of benzene rings is 1. The summed E-state index contributed by atoms with van der Waals surface area (Å²) < 4.78 is 0. The molecule has 0 saturated heterocycles. The smallest absolute Gasteiger partial charge is 0.328 e. The number of H-pyrrole nitrogens is 2. The number of aromatic amines is 2. The lowest BCUT2D eigenvalue weighted by atomic mass is 10.0. The Hall–Kier alpha value is -2.96. The predicted molar refractivity (Wildman–Crippen MR) is 68.8 cm³/mol. The van der Waals surface area contributed by atoms with Crippen molar-refractivity contribution < 1.29 is 9.90 Å². The first-order valence-electron chi connectivity index (χ1n) is 5.77. The highest BCUT2D eigenvalue weighted by Crippen LogP contribution is 2.17. The lowest BCUT2D eigenvalue weighted by Gasteiger charge is -2.02. The van der Waals surface area contributed by atoms with Gasteiger partial charge in [-0.2, -0.15) is 0 Å². The summed E-state index contributed by atoms with van der Waals surface area (Å²) in [4.78, 5) is 42.7. The zero-order valence-electron chi connectivity index (χ0n) is 10.4. The van der Waals surface area contributed by atoms with E-state index in [4.69, 9.17) is 0 Å². The molecule has 0 radical (unpaired) electrons. The molecule has 1 amide bonds. The predicted octanol–water partition coefficient (Wildman–Crippen LogP) is -1.56. The van der Waals surface area contributed by atoms with Crippen LogP contribution in [-0.2, 0) is 4.79 Å². The number of aromatic nitrogens is 2. The minimum Gasteiger partial charge on any atom is -0.494 e. The van der Waals surface area contributed by atoms with Crippen molar-refractivity contribution in [1.29, 1.82) is 0 Å². The van der Waals surface area contributed by atoms with E-state index < -0.39 is 23.0 Å². The van der Waals surface area contributed by atoms with Crippen molar-refractivity contribution in [2.45, 2.75) is 6.92 Å². The minimum absolute atomic E-state index is 0.0151. The highest BCUT2D eigenvalue weighted by molar-refractivity contribution is 6.21. The van der Waals surface area contributed by atoms with Crippen LogP contribution in [0.2, 0.25) is 0 Å². The van der Waals surface area contributed by atoms with Gasteiger partial charge < -0.3 is 5.11 Å². The summed E-state index contributed by atoms with van der Waals surface area (Å²) in [5.41, 5.74) is -1.09. The van der Waals surface area contributed by atoms with Gasteiger partial charge in [-0.05, 0) is 19.1 Å². The fourth-order valence-electron chi connectivity index (χ4n) is 2.18. The normalized spacial score (nSPS) is 13.2. The van der Waals surface area contributed by atoms with Crippen molar-refractivity contribution >= 4 is 11.5 Å². The number of carbonyl (C=O) groups excluding carboxylic acids is 1. The largest absolute Gasteiger partial charge is 0.494 e. The molecule has 0 spiro atoms. The fourth-order valence-corrected chi connectivity index (χ4v) is 2.18. The molecule has 1 aromatic heterocycles. The van der Waals surface area contributed by atoms with Gasteiger partial charge in [-0.1, -0.05) is 11.6 Å². The quantitative estimate of drug-likeness (QED) is 0.581. The van der Waals surface area contributed by atoms with Crippen molar-refractivity contribution in [3.05, 3.63) is 60.7 Å². The second-order valence-corrected chi connectivity index (χ2v) is 4.44. The summed E-state index contributed by atoms with van der Waals surface area (Å²) in [5.74, 6) is -1.27. The van der Waals surface area contributed by atoms with Crippen LogP contribution in [0.4, 0.5) is 0 Å². The van der Waals surface area contributed by atoms with Gasteiger partial charge in [0.2, 0.25) is 5.88 Å². The van der Waals surface area contributed by atoms with Crippen LogP contribution in [0, 0.1) is 6.92 Å². The first kappa shape index (κ1) is 12.1. The molecule has 1 aromatic carbocycles. The van der Waals surface area contributed by atoms with Crippen LogP contribution in [0.15, 0.2) is 32.8 Å². The summed E-state index contributed by atoms with van der Waals surface area (Å²) in [6.45, 7) is 1.83. The Morgan fingerprint density at radius 1 is 1.15 bits per heavy atom. The molecule has 2 aromatic rings. The third-order valence-electron chi connectivity index (χ3n) is 3.03. The molecule has 0 fully saturated rings. The van der Waals surface area contributed by atoms with Gasteiger partial charge in [0.15, 0.2) is 0 Å². The fraction of sp³-hybridized carbons (Fsp3) is 0.0769. The molecule has 0 atom stereocenters. The van der Waals surface area contributed by atoms with Crippen molar-refractivity contribution in [3.8, 4) is 5.88 Å². The van der Waals surface area contributed by atoms with E-state index in [1.807, 2.05) is 11.9 Å². The average molecular weight is 271 g/mol. The Morgan fingerprint density at radius 2 is 1.90 bits per heavy atom. The van der Waals surface area contributed by atoms with Gasteiger partial charge in [0.25, 0.3) is 11.5 Å². The number of nitrogens with zero attached hydrogens (tertiary/aromatic N) is 1. The zero-order chi connectivity index (χ0) is 14.4. The maximum absolute atomic E-state index is 12.0. The van der Waals surface area contributed by atoms with E-state index >= 15 is 0 Å². The van der Waals surface area contributed by atoms with Crippen LogP contribution >= 0.6 is 0 Å².